The number of nitrogens with one attached hydrogen (secondary N) is 1. The Morgan fingerprint density at radius 3 is 2.48 bits per heavy atom. The summed E-state index contributed by atoms with van der Waals surface area (Å²) >= 11 is 6.02. The zero-order valence-corrected chi connectivity index (χ0v) is 12.9. The van der Waals surface area contributed by atoms with Gasteiger partial charge in [0.05, 0.1) is 12.4 Å². The van der Waals surface area contributed by atoms with Gasteiger partial charge in [-0.15, -0.1) is 0 Å². The number of carbonyl (C=O) groups excluding carboxylic acids is 1. The SMILES string of the molecule is O=C(O)c1cnc(C(=O)NCC2(c3cccc(Cl)c3)CC2)cn1. The van der Waals surface area contributed by atoms with Crippen molar-refractivity contribution in [2.24, 2.45) is 0 Å². The van der Waals surface area contributed by atoms with Gasteiger partial charge in [0.2, 0.25) is 0 Å². The van der Waals surface area contributed by atoms with Gasteiger partial charge in [-0.05, 0) is 30.5 Å². The molecule has 1 saturated carbocycles. The number of amides is 1. The predicted molar refractivity (Wildman–Crippen MR) is 83.7 cm³/mol. The second kappa shape index (κ2) is 5.96. The van der Waals surface area contributed by atoms with Crippen LogP contribution in [0, 0.1) is 0 Å². The van der Waals surface area contributed by atoms with E-state index in [4.69, 9.17) is 16.7 Å². The molecule has 0 atom stereocenters. The van der Waals surface area contributed by atoms with Crippen molar-refractivity contribution >= 4 is 23.5 Å². The van der Waals surface area contributed by atoms with E-state index in [1.54, 1.807) is 0 Å². The Hall–Kier alpha value is -2.47. The number of benzene rings is 1. The first kappa shape index (κ1) is 15.4. The molecule has 0 radical (unpaired) electrons. The smallest absolute Gasteiger partial charge is 0.356 e. The molecule has 2 N–H and O–H groups in total. The summed E-state index contributed by atoms with van der Waals surface area (Å²) in [5.74, 6) is -1.55. The summed E-state index contributed by atoms with van der Waals surface area (Å²) in [6.45, 7) is 0.481. The van der Waals surface area contributed by atoms with Gasteiger partial charge in [0.15, 0.2) is 5.69 Å². The molecular formula is C16H14ClN3O3. The Morgan fingerprint density at radius 1 is 1.22 bits per heavy atom. The molecule has 23 heavy (non-hydrogen) atoms. The Labute approximate surface area is 137 Å². The lowest BCUT2D eigenvalue weighted by atomic mass is 9.96. The molecule has 2 aromatic rings. The van der Waals surface area contributed by atoms with Gasteiger partial charge in [0.1, 0.15) is 5.69 Å². The maximum Gasteiger partial charge on any atom is 0.356 e. The fraction of sp³-hybridized carbons (Fsp3) is 0.250. The first-order valence-electron chi connectivity index (χ1n) is 7.10. The first-order valence-corrected chi connectivity index (χ1v) is 7.48. The first-order chi connectivity index (χ1) is 11.0. The summed E-state index contributed by atoms with van der Waals surface area (Å²) < 4.78 is 0. The van der Waals surface area contributed by atoms with Crippen molar-refractivity contribution < 1.29 is 14.7 Å². The van der Waals surface area contributed by atoms with E-state index in [0.717, 1.165) is 30.8 Å². The van der Waals surface area contributed by atoms with Crippen LogP contribution >= 0.6 is 11.6 Å². The summed E-state index contributed by atoms with van der Waals surface area (Å²) in [7, 11) is 0. The number of hydrogen-bond donors (Lipinski definition) is 2. The number of carbonyl (C=O) groups is 2. The van der Waals surface area contributed by atoms with Crippen LogP contribution in [0.5, 0.6) is 0 Å². The second-order valence-electron chi connectivity index (χ2n) is 5.57. The number of hydrogen-bond acceptors (Lipinski definition) is 4. The standard InChI is InChI=1S/C16H14ClN3O3/c17-11-3-1-2-10(6-11)16(4-5-16)9-20-14(21)12-7-19-13(8-18-12)15(22)23/h1-3,6-8H,4-5,9H2,(H,20,21)(H,22,23). The van der Waals surface area contributed by atoms with E-state index in [0.29, 0.717) is 11.6 Å². The minimum atomic E-state index is -1.18. The van der Waals surface area contributed by atoms with Crippen LogP contribution in [0.3, 0.4) is 0 Å². The number of carboxylic acid groups (broad SMARTS) is 1. The predicted octanol–water partition coefficient (Wildman–Crippen LogP) is 2.29. The third-order valence-electron chi connectivity index (χ3n) is 3.98. The quantitative estimate of drug-likeness (QED) is 0.877. The molecule has 6 nitrogen and oxygen atoms in total. The normalized spacial score (nSPS) is 15.0. The lowest BCUT2D eigenvalue weighted by Gasteiger charge is -2.16. The highest BCUT2D eigenvalue weighted by atomic mass is 35.5. The van der Waals surface area contributed by atoms with Crippen LogP contribution in [0.2, 0.25) is 5.02 Å². The van der Waals surface area contributed by atoms with E-state index in [-0.39, 0.29) is 22.7 Å². The van der Waals surface area contributed by atoms with Gasteiger partial charge >= 0.3 is 5.97 Å². The maximum atomic E-state index is 12.1. The Kier molecular flexibility index (Phi) is 4.00. The molecule has 1 fully saturated rings. The van der Waals surface area contributed by atoms with E-state index in [9.17, 15) is 9.59 Å². The van der Waals surface area contributed by atoms with E-state index < -0.39 is 5.97 Å². The van der Waals surface area contributed by atoms with Crippen molar-refractivity contribution in [2.45, 2.75) is 18.3 Å². The zero-order valence-electron chi connectivity index (χ0n) is 12.1. The molecule has 0 aliphatic heterocycles. The van der Waals surface area contributed by atoms with Crippen LogP contribution in [0.1, 0.15) is 39.4 Å². The molecule has 1 aliphatic rings. The lowest BCUT2D eigenvalue weighted by Crippen LogP contribution is -2.32. The van der Waals surface area contributed by atoms with Gasteiger partial charge in [-0.3, -0.25) is 4.79 Å². The molecule has 0 bridgehead atoms. The second-order valence-corrected chi connectivity index (χ2v) is 6.00. The minimum absolute atomic E-state index is 0.0744. The van der Waals surface area contributed by atoms with Crippen molar-refractivity contribution in [2.75, 3.05) is 6.54 Å². The highest BCUT2D eigenvalue weighted by Crippen LogP contribution is 2.48. The average Bonchev–Trinajstić information content (AvgIpc) is 3.34. The van der Waals surface area contributed by atoms with Crippen LogP contribution in [0.4, 0.5) is 0 Å². The monoisotopic (exact) mass is 331 g/mol. The average molecular weight is 332 g/mol. The van der Waals surface area contributed by atoms with E-state index in [1.165, 1.54) is 0 Å². The van der Waals surface area contributed by atoms with Crippen molar-refractivity contribution in [3.63, 3.8) is 0 Å². The van der Waals surface area contributed by atoms with Gasteiger partial charge in [0, 0.05) is 17.0 Å². The highest BCUT2D eigenvalue weighted by Gasteiger charge is 2.44. The lowest BCUT2D eigenvalue weighted by molar-refractivity contribution is 0.0689. The summed E-state index contributed by atoms with van der Waals surface area (Å²) in [6.07, 6.45) is 4.20. The fourth-order valence-corrected chi connectivity index (χ4v) is 2.62. The molecule has 1 aromatic carbocycles. The number of rotatable bonds is 5. The largest absolute Gasteiger partial charge is 0.476 e. The van der Waals surface area contributed by atoms with Crippen LogP contribution in [-0.4, -0.2) is 33.5 Å². The van der Waals surface area contributed by atoms with Gasteiger partial charge in [-0.1, -0.05) is 23.7 Å². The van der Waals surface area contributed by atoms with E-state index in [2.05, 4.69) is 15.3 Å². The van der Waals surface area contributed by atoms with Crippen molar-refractivity contribution in [1.29, 1.82) is 0 Å². The third-order valence-corrected chi connectivity index (χ3v) is 4.22. The number of carboxylic acids is 1. The van der Waals surface area contributed by atoms with E-state index >= 15 is 0 Å². The molecule has 3 rings (SSSR count). The third kappa shape index (κ3) is 3.32. The van der Waals surface area contributed by atoms with E-state index in [1.807, 2.05) is 24.3 Å². The summed E-state index contributed by atoms with van der Waals surface area (Å²) in [5.41, 5.74) is 0.934. The number of aromatic carboxylic acids is 1. The summed E-state index contributed by atoms with van der Waals surface area (Å²) in [4.78, 5) is 30.3. The molecule has 1 amide bonds. The number of halogens is 1. The molecule has 0 unspecified atom stereocenters. The Balaban J connectivity index is 1.66. The van der Waals surface area contributed by atoms with Crippen molar-refractivity contribution in [3.8, 4) is 0 Å². The molecule has 1 heterocycles. The fourth-order valence-electron chi connectivity index (χ4n) is 2.43. The highest BCUT2D eigenvalue weighted by molar-refractivity contribution is 6.30. The minimum Gasteiger partial charge on any atom is -0.476 e. The summed E-state index contributed by atoms with van der Waals surface area (Å²) in [5, 5.41) is 12.3. The Bertz CT molecular complexity index is 757. The molecule has 1 aliphatic carbocycles. The van der Waals surface area contributed by atoms with Crippen LogP contribution in [0.15, 0.2) is 36.7 Å². The van der Waals surface area contributed by atoms with Crippen LogP contribution in [0.25, 0.3) is 0 Å². The summed E-state index contributed by atoms with van der Waals surface area (Å²) in [6, 6.07) is 7.64. The topological polar surface area (TPSA) is 92.2 Å². The van der Waals surface area contributed by atoms with Gasteiger partial charge < -0.3 is 10.4 Å². The molecule has 7 heteroatoms. The molecule has 118 valence electrons. The Morgan fingerprint density at radius 2 is 1.91 bits per heavy atom. The maximum absolute atomic E-state index is 12.1. The van der Waals surface area contributed by atoms with Crippen LogP contribution < -0.4 is 5.32 Å². The molecular weight excluding hydrogens is 318 g/mol. The van der Waals surface area contributed by atoms with Gasteiger partial charge in [-0.25, -0.2) is 14.8 Å². The van der Waals surface area contributed by atoms with Crippen molar-refractivity contribution in [1.82, 2.24) is 15.3 Å². The van der Waals surface area contributed by atoms with Gasteiger partial charge in [0.25, 0.3) is 5.91 Å². The zero-order chi connectivity index (χ0) is 16.4. The molecule has 0 saturated heterocycles. The molecule has 1 aromatic heterocycles. The number of nitrogens with zero attached hydrogens (tertiary/aromatic N) is 2. The molecule has 0 spiro atoms. The number of aromatic nitrogens is 2. The van der Waals surface area contributed by atoms with Crippen LogP contribution in [-0.2, 0) is 5.41 Å². The van der Waals surface area contributed by atoms with Crippen molar-refractivity contribution in [3.05, 3.63) is 58.6 Å². The van der Waals surface area contributed by atoms with Gasteiger partial charge in [-0.2, -0.15) is 0 Å².